The maximum Gasteiger partial charge on any atom is 0.341 e. The van der Waals surface area contributed by atoms with Crippen molar-refractivity contribution in [2.24, 2.45) is 0 Å². The van der Waals surface area contributed by atoms with Crippen LogP contribution in [0.15, 0.2) is 60.9 Å². The van der Waals surface area contributed by atoms with Crippen molar-refractivity contribution in [3.8, 4) is 5.75 Å². The zero-order valence-electron chi connectivity index (χ0n) is 12.7. The van der Waals surface area contributed by atoms with E-state index in [4.69, 9.17) is 25.8 Å². The summed E-state index contributed by atoms with van der Waals surface area (Å²) < 4.78 is 15.7. The summed E-state index contributed by atoms with van der Waals surface area (Å²) >= 11 is 5.80. The van der Waals surface area contributed by atoms with Crippen LogP contribution in [0.25, 0.3) is 5.57 Å². The van der Waals surface area contributed by atoms with Gasteiger partial charge in [-0.25, -0.2) is 4.79 Å². The fourth-order valence-electron chi connectivity index (χ4n) is 1.84. The number of hydrogen-bond donors (Lipinski definition) is 0. The lowest BCUT2D eigenvalue weighted by Crippen LogP contribution is -2.07. The Labute approximate surface area is 140 Å². The van der Waals surface area contributed by atoms with Crippen LogP contribution >= 0.6 is 11.6 Å². The molecule has 0 amide bonds. The lowest BCUT2D eigenvalue weighted by Gasteiger charge is -2.08. The first kappa shape index (κ1) is 16.9. The number of methoxy groups -OCH3 is 1. The molecule has 23 heavy (non-hydrogen) atoms. The highest BCUT2D eigenvalue weighted by Gasteiger charge is 2.12. The van der Waals surface area contributed by atoms with E-state index in [1.54, 1.807) is 24.3 Å². The van der Waals surface area contributed by atoms with Gasteiger partial charge in [-0.15, -0.1) is 0 Å². The molecule has 2 aromatic rings. The number of esters is 1. The van der Waals surface area contributed by atoms with Gasteiger partial charge in [0.05, 0.1) is 13.4 Å². The molecule has 0 fully saturated rings. The van der Waals surface area contributed by atoms with Crippen LogP contribution in [0.1, 0.15) is 5.56 Å². The van der Waals surface area contributed by atoms with Crippen molar-refractivity contribution in [1.82, 2.24) is 0 Å². The van der Waals surface area contributed by atoms with E-state index in [0.717, 1.165) is 5.56 Å². The Morgan fingerprint density at radius 2 is 1.74 bits per heavy atom. The minimum Gasteiger partial charge on any atom is -0.497 e. The maximum absolute atomic E-state index is 11.8. The first-order valence-electron chi connectivity index (χ1n) is 7.04. The van der Waals surface area contributed by atoms with E-state index >= 15 is 0 Å². The van der Waals surface area contributed by atoms with E-state index in [1.807, 2.05) is 30.3 Å². The molecule has 5 heteroatoms. The summed E-state index contributed by atoms with van der Waals surface area (Å²) in [7, 11) is 1.34. The number of halogens is 1. The van der Waals surface area contributed by atoms with Crippen molar-refractivity contribution in [2.75, 3.05) is 20.3 Å². The summed E-state index contributed by atoms with van der Waals surface area (Å²) in [4.78, 5) is 11.8. The third-order valence-corrected chi connectivity index (χ3v) is 3.23. The number of rotatable bonds is 7. The van der Waals surface area contributed by atoms with Crippen molar-refractivity contribution in [1.29, 1.82) is 0 Å². The molecule has 2 aromatic carbocycles. The molecule has 0 aromatic heterocycles. The third kappa shape index (κ3) is 5.34. The van der Waals surface area contributed by atoms with Crippen LogP contribution in [0.2, 0.25) is 5.02 Å². The van der Waals surface area contributed by atoms with Gasteiger partial charge < -0.3 is 14.2 Å². The quantitative estimate of drug-likeness (QED) is 0.333. The van der Waals surface area contributed by atoms with E-state index < -0.39 is 5.97 Å². The first-order valence-corrected chi connectivity index (χ1v) is 7.42. The lowest BCUT2D eigenvalue weighted by atomic mass is 10.1. The molecule has 0 N–H and O–H groups in total. The van der Waals surface area contributed by atoms with Crippen molar-refractivity contribution in [2.45, 2.75) is 0 Å². The van der Waals surface area contributed by atoms with Crippen LogP contribution in [-0.2, 0) is 14.3 Å². The van der Waals surface area contributed by atoms with E-state index in [0.29, 0.717) is 29.6 Å². The highest BCUT2D eigenvalue weighted by molar-refractivity contribution is 6.30. The Bertz CT molecular complexity index is 650. The minimum absolute atomic E-state index is 0.302. The number of hydrogen-bond acceptors (Lipinski definition) is 4. The van der Waals surface area contributed by atoms with Crippen LogP contribution in [-0.4, -0.2) is 26.3 Å². The molecule has 2 rings (SSSR count). The van der Waals surface area contributed by atoms with Gasteiger partial charge in [-0.1, -0.05) is 41.9 Å². The van der Waals surface area contributed by atoms with E-state index in [2.05, 4.69) is 0 Å². The second kappa shape index (κ2) is 8.86. The summed E-state index contributed by atoms with van der Waals surface area (Å²) in [5, 5.41) is 0.655. The minimum atomic E-state index is -0.449. The van der Waals surface area contributed by atoms with E-state index in [-0.39, 0.29) is 0 Å². The molecule has 0 atom stereocenters. The molecule has 0 aliphatic heterocycles. The molecule has 0 saturated carbocycles. The zero-order chi connectivity index (χ0) is 16.5. The molecule has 120 valence electrons. The van der Waals surface area contributed by atoms with Crippen LogP contribution in [0.5, 0.6) is 5.75 Å². The van der Waals surface area contributed by atoms with Gasteiger partial charge in [-0.05, 0) is 29.8 Å². The van der Waals surface area contributed by atoms with Gasteiger partial charge >= 0.3 is 5.97 Å². The molecule has 4 nitrogen and oxygen atoms in total. The molecular formula is C18H17ClO4. The molecule has 0 bridgehead atoms. The Morgan fingerprint density at radius 3 is 2.39 bits per heavy atom. The fraction of sp³-hybridized carbons (Fsp3) is 0.167. The molecule has 0 spiro atoms. The molecule has 0 aliphatic carbocycles. The Morgan fingerprint density at radius 1 is 1.04 bits per heavy atom. The highest BCUT2D eigenvalue weighted by atomic mass is 35.5. The van der Waals surface area contributed by atoms with Crippen LogP contribution in [0.4, 0.5) is 0 Å². The van der Waals surface area contributed by atoms with Gasteiger partial charge in [0.1, 0.15) is 24.5 Å². The van der Waals surface area contributed by atoms with Crippen molar-refractivity contribution in [3.63, 3.8) is 0 Å². The second-order valence-corrected chi connectivity index (χ2v) is 5.00. The van der Waals surface area contributed by atoms with E-state index in [1.165, 1.54) is 13.4 Å². The summed E-state index contributed by atoms with van der Waals surface area (Å²) in [5.74, 6) is 0.257. The van der Waals surface area contributed by atoms with Crippen molar-refractivity contribution in [3.05, 3.63) is 71.4 Å². The van der Waals surface area contributed by atoms with Gasteiger partial charge in [0, 0.05) is 5.02 Å². The van der Waals surface area contributed by atoms with Crippen LogP contribution < -0.4 is 4.74 Å². The molecule has 0 heterocycles. The monoisotopic (exact) mass is 332 g/mol. The van der Waals surface area contributed by atoms with Gasteiger partial charge in [-0.3, -0.25) is 0 Å². The second-order valence-electron chi connectivity index (χ2n) is 4.56. The topological polar surface area (TPSA) is 44.8 Å². The molecule has 0 radical (unpaired) electrons. The highest BCUT2D eigenvalue weighted by Crippen LogP contribution is 2.17. The smallest absolute Gasteiger partial charge is 0.341 e. The SMILES string of the molecule is COC(=O)/C(=C\OCCOc1ccc(Cl)cc1)c1ccccc1. The lowest BCUT2D eigenvalue weighted by molar-refractivity contribution is -0.133. The number of carbonyl (C=O) groups excluding carboxylic acids is 1. The maximum atomic E-state index is 11.8. The fourth-order valence-corrected chi connectivity index (χ4v) is 1.97. The van der Waals surface area contributed by atoms with Crippen LogP contribution in [0, 0.1) is 0 Å². The average Bonchev–Trinajstić information content (AvgIpc) is 2.60. The van der Waals surface area contributed by atoms with Crippen molar-refractivity contribution < 1.29 is 19.0 Å². The predicted octanol–water partition coefficient (Wildman–Crippen LogP) is 3.95. The van der Waals surface area contributed by atoms with Crippen molar-refractivity contribution >= 4 is 23.1 Å². The summed E-state index contributed by atoms with van der Waals surface area (Å²) in [6.45, 7) is 0.650. The Kier molecular flexibility index (Phi) is 6.51. The normalized spacial score (nSPS) is 11.0. The standard InChI is InChI=1S/C18H17ClO4/c1-21-18(20)17(14-5-3-2-4-6-14)13-22-11-12-23-16-9-7-15(19)8-10-16/h2-10,13H,11-12H2,1H3/b17-13-. The Hall–Kier alpha value is -2.46. The third-order valence-electron chi connectivity index (χ3n) is 2.97. The Balaban J connectivity index is 1.88. The predicted molar refractivity (Wildman–Crippen MR) is 89.3 cm³/mol. The average molecular weight is 333 g/mol. The molecule has 0 aliphatic rings. The molecule has 0 unspecified atom stereocenters. The van der Waals surface area contributed by atoms with Gasteiger partial charge in [0.2, 0.25) is 0 Å². The van der Waals surface area contributed by atoms with Gasteiger partial charge in [0.15, 0.2) is 0 Å². The van der Waals surface area contributed by atoms with Gasteiger partial charge in [-0.2, -0.15) is 0 Å². The summed E-state index contributed by atoms with van der Waals surface area (Å²) in [5.41, 5.74) is 1.09. The number of carbonyl (C=O) groups is 1. The largest absolute Gasteiger partial charge is 0.497 e. The first-order chi connectivity index (χ1) is 11.2. The molecule has 0 saturated heterocycles. The molecular weight excluding hydrogens is 316 g/mol. The van der Waals surface area contributed by atoms with Crippen LogP contribution in [0.3, 0.4) is 0 Å². The van der Waals surface area contributed by atoms with E-state index in [9.17, 15) is 4.79 Å². The summed E-state index contributed by atoms with van der Waals surface area (Å²) in [6.07, 6.45) is 1.40. The zero-order valence-corrected chi connectivity index (χ0v) is 13.5. The van der Waals surface area contributed by atoms with Gasteiger partial charge in [0.25, 0.3) is 0 Å². The summed E-state index contributed by atoms with van der Waals surface area (Å²) in [6, 6.07) is 16.3. The number of benzene rings is 2. The number of ether oxygens (including phenoxy) is 3.